The third kappa shape index (κ3) is 9.86. The number of carbonyl (C=O) groups is 1. The summed E-state index contributed by atoms with van der Waals surface area (Å²) in [6, 6.07) is 20.2. The van der Waals surface area contributed by atoms with Crippen LogP contribution in [0.3, 0.4) is 0 Å². The van der Waals surface area contributed by atoms with E-state index in [1.54, 1.807) is 0 Å². The summed E-state index contributed by atoms with van der Waals surface area (Å²) in [7, 11) is 1.43. The van der Waals surface area contributed by atoms with Crippen molar-refractivity contribution in [1.29, 1.82) is 0 Å². The van der Waals surface area contributed by atoms with Crippen LogP contribution in [-0.2, 0) is 28.4 Å². The SMILES string of the molecule is CCCCOC[C@H]1O[C@@H](c2cccc(-c3cc4cccccc-4c3C(=O)OC)c2)[C@H](OCCCC)[C@@H](OCCCC)[C@@H]1OCCCC. The molecular weight excluding hydrogens is 592 g/mol. The third-order valence-corrected chi connectivity index (χ3v) is 8.81. The minimum absolute atomic E-state index is 0.321. The molecule has 4 rings (SSSR count). The zero-order valence-corrected chi connectivity index (χ0v) is 29.2. The fourth-order valence-corrected chi connectivity index (χ4v) is 6.15. The van der Waals surface area contributed by atoms with Gasteiger partial charge in [-0.3, -0.25) is 0 Å². The molecule has 0 aromatic heterocycles. The Kier molecular flexibility index (Phi) is 15.7. The first kappa shape index (κ1) is 37.0. The summed E-state index contributed by atoms with van der Waals surface area (Å²) in [6.07, 6.45) is 6.23. The van der Waals surface area contributed by atoms with E-state index in [1.807, 2.05) is 42.5 Å². The Balaban J connectivity index is 1.78. The summed E-state index contributed by atoms with van der Waals surface area (Å²) in [5, 5.41) is 0. The van der Waals surface area contributed by atoms with Crippen molar-refractivity contribution >= 4 is 5.97 Å². The van der Waals surface area contributed by atoms with Gasteiger partial charge >= 0.3 is 5.97 Å². The molecule has 0 saturated carbocycles. The van der Waals surface area contributed by atoms with Crippen molar-refractivity contribution in [1.82, 2.24) is 0 Å². The molecule has 5 atom stereocenters. The van der Waals surface area contributed by atoms with E-state index in [0.29, 0.717) is 38.6 Å². The molecular formula is C40H56O7. The van der Waals surface area contributed by atoms with E-state index >= 15 is 0 Å². The van der Waals surface area contributed by atoms with Crippen LogP contribution >= 0.6 is 0 Å². The molecule has 258 valence electrons. The monoisotopic (exact) mass is 648 g/mol. The highest BCUT2D eigenvalue weighted by atomic mass is 16.6. The highest BCUT2D eigenvalue weighted by molar-refractivity contribution is 6.06. The summed E-state index contributed by atoms with van der Waals surface area (Å²) >= 11 is 0. The molecule has 2 aliphatic carbocycles. The number of unbranched alkanes of at least 4 members (excludes halogenated alkanes) is 4. The maximum Gasteiger partial charge on any atom is 0.339 e. The van der Waals surface area contributed by atoms with Gasteiger partial charge in [-0.15, -0.1) is 0 Å². The number of rotatable bonds is 20. The molecule has 1 saturated heterocycles. The molecule has 0 amide bonds. The van der Waals surface area contributed by atoms with E-state index in [1.165, 1.54) is 7.11 Å². The number of fused-ring (bicyclic) bond motifs is 1. The van der Waals surface area contributed by atoms with Gasteiger partial charge in [0.2, 0.25) is 0 Å². The third-order valence-electron chi connectivity index (χ3n) is 8.81. The minimum atomic E-state index is -0.423. The standard InChI is InChI=1S/C40H56O7/c1-6-10-22-43-28-34-37(44-23-11-7-2)39(46-25-13-9-4)38(45-24-12-8-3)36(47-34)31-20-17-19-29(26-31)33-27-30-18-15-14-16-21-32(30)35(33)40(41)42-5/h14-21,26-27,34,36-39H,6-13,22-25,28H2,1-5H3/t34-,36+,37-,38+,39+/m1/s1. The molecule has 0 N–H and O–H groups in total. The van der Waals surface area contributed by atoms with Crippen LogP contribution in [0.1, 0.15) is 101 Å². The van der Waals surface area contributed by atoms with Crippen molar-refractivity contribution in [2.24, 2.45) is 0 Å². The second-order valence-electron chi connectivity index (χ2n) is 12.4. The maximum absolute atomic E-state index is 13.2. The van der Waals surface area contributed by atoms with Crippen molar-refractivity contribution in [3.05, 3.63) is 71.8 Å². The van der Waals surface area contributed by atoms with Gasteiger partial charge in [-0.2, -0.15) is 0 Å². The van der Waals surface area contributed by atoms with Gasteiger partial charge in [0.15, 0.2) is 0 Å². The summed E-state index contributed by atoms with van der Waals surface area (Å²) < 4.78 is 38.4. The largest absolute Gasteiger partial charge is 0.465 e. The van der Waals surface area contributed by atoms with E-state index in [0.717, 1.165) is 79.2 Å². The number of hydrogen-bond acceptors (Lipinski definition) is 7. The second kappa shape index (κ2) is 19.9. The average Bonchev–Trinajstić information content (AvgIpc) is 3.30. The van der Waals surface area contributed by atoms with Gasteiger partial charge in [-0.05, 0) is 65.6 Å². The van der Waals surface area contributed by atoms with Gasteiger partial charge in [0.25, 0.3) is 0 Å². The van der Waals surface area contributed by atoms with Crippen molar-refractivity contribution in [2.45, 2.75) is 110 Å². The summed E-state index contributed by atoms with van der Waals surface area (Å²) in [5.41, 5.74) is 5.10. The predicted molar refractivity (Wildman–Crippen MR) is 187 cm³/mol. The molecule has 7 nitrogen and oxygen atoms in total. The topological polar surface area (TPSA) is 72.5 Å². The van der Waals surface area contributed by atoms with E-state index in [9.17, 15) is 4.79 Å². The van der Waals surface area contributed by atoms with Gasteiger partial charge in [0.1, 0.15) is 30.5 Å². The summed E-state index contributed by atoms with van der Waals surface area (Å²) in [5.74, 6) is -0.359. The predicted octanol–water partition coefficient (Wildman–Crippen LogP) is 9.06. The normalized spacial score (nSPS) is 21.3. The first-order chi connectivity index (χ1) is 23.1. The minimum Gasteiger partial charge on any atom is -0.465 e. The number of hydrogen-bond donors (Lipinski definition) is 0. The highest BCUT2D eigenvalue weighted by Crippen LogP contribution is 2.42. The van der Waals surface area contributed by atoms with Crippen molar-refractivity contribution in [3.8, 4) is 22.3 Å². The molecule has 0 radical (unpaired) electrons. The summed E-state index contributed by atoms with van der Waals surface area (Å²) in [4.78, 5) is 13.2. The molecule has 1 fully saturated rings. The smallest absolute Gasteiger partial charge is 0.339 e. The van der Waals surface area contributed by atoms with Crippen LogP contribution in [0.2, 0.25) is 0 Å². The van der Waals surface area contributed by atoms with E-state index in [-0.39, 0.29) is 30.4 Å². The first-order valence-corrected chi connectivity index (χ1v) is 17.9. The lowest BCUT2D eigenvalue weighted by molar-refractivity contribution is -0.268. The van der Waals surface area contributed by atoms with Crippen LogP contribution in [0.15, 0.2) is 60.7 Å². The molecule has 0 unspecified atom stereocenters. The summed E-state index contributed by atoms with van der Waals surface area (Å²) in [6.45, 7) is 11.6. The Hall–Kier alpha value is -2.81. The Morgan fingerprint density at radius 3 is 1.94 bits per heavy atom. The van der Waals surface area contributed by atoms with Gasteiger partial charge in [-0.1, -0.05) is 102 Å². The second-order valence-corrected chi connectivity index (χ2v) is 12.4. The maximum atomic E-state index is 13.2. The van der Waals surface area contributed by atoms with E-state index < -0.39 is 6.10 Å². The van der Waals surface area contributed by atoms with E-state index in [2.05, 4.69) is 45.9 Å². The van der Waals surface area contributed by atoms with Crippen LogP contribution in [0.4, 0.5) is 0 Å². The Morgan fingerprint density at radius 1 is 0.660 bits per heavy atom. The lowest BCUT2D eigenvalue weighted by Crippen LogP contribution is -2.58. The number of methoxy groups -OCH3 is 1. The van der Waals surface area contributed by atoms with Crippen molar-refractivity contribution < 1.29 is 33.2 Å². The Labute approximate surface area is 282 Å². The number of esters is 1. The molecule has 1 aliphatic heterocycles. The van der Waals surface area contributed by atoms with E-state index in [4.69, 9.17) is 28.4 Å². The fourth-order valence-electron chi connectivity index (χ4n) is 6.15. The van der Waals surface area contributed by atoms with Crippen molar-refractivity contribution in [3.63, 3.8) is 0 Å². The first-order valence-electron chi connectivity index (χ1n) is 17.9. The van der Waals surface area contributed by atoms with Crippen LogP contribution in [0.5, 0.6) is 0 Å². The van der Waals surface area contributed by atoms with Crippen molar-refractivity contribution in [2.75, 3.05) is 40.1 Å². The van der Waals surface area contributed by atoms with Crippen LogP contribution in [0, 0.1) is 0 Å². The fraction of sp³-hybridized carbons (Fsp3) is 0.575. The molecule has 3 aliphatic rings. The average molecular weight is 649 g/mol. The Bertz CT molecular complexity index is 1310. The highest BCUT2D eigenvalue weighted by Gasteiger charge is 2.48. The molecule has 7 heteroatoms. The molecule has 1 aromatic carbocycles. The molecule has 0 bridgehead atoms. The van der Waals surface area contributed by atoms with Crippen LogP contribution in [-0.4, -0.2) is 70.5 Å². The molecule has 1 aromatic rings. The van der Waals surface area contributed by atoms with Gasteiger partial charge < -0.3 is 28.4 Å². The number of carbonyl (C=O) groups excluding carboxylic acids is 1. The number of ether oxygens (including phenoxy) is 6. The zero-order valence-electron chi connectivity index (χ0n) is 29.2. The van der Waals surface area contributed by atoms with Gasteiger partial charge in [-0.25, -0.2) is 4.79 Å². The van der Waals surface area contributed by atoms with Gasteiger partial charge in [0, 0.05) is 26.4 Å². The molecule has 47 heavy (non-hydrogen) atoms. The lowest BCUT2D eigenvalue weighted by Gasteiger charge is -2.46. The quantitative estimate of drug-likeness (QED) is 0.0894. The molecule has 0 spiro atoms. The van der Waals surface area contributed by atoms with Gasteiger partial charge in [0.05, 0.1) is 19.3 Å². The Morgan fingerprint density at radius 2 is 1.26 bits per heavy atom. The number of benzene rings is 1. The van der Waals surface area contributed by atoms with Crippen LogP contribution < -0.4 is 0 Å². The van der Waals surface area contributed by atoms with Crippen LogP contribution in [0.25, 0.3) is 22.3 Å². The zero-order chi connectivity index (χ0) is 33.4. The molecule has 1 heterocycles. The lowest BCUT2D eigenvalue weighted by atomic mass is 9.89.